The molecule has 13 nitrogen and oxygen atoms in total. The van der Waals surface area contributed by atoms with Gasteiger partial charge < -0.3 is 26.6 Å². The lowest BCUT2D eigenvalue weighted by atomic mass is 10.0. The van der Waals surface area contributed by atoms with Gasteiger partial charge >= 0.3 is 11.7 Å². The lowest BCUT2D eigenvalue weighted by Gasteiger charge is -2.22. The van der Waals surface area contributed by atoms with E-state index in [1.165, 1.54) is 24.3 Å². The molecule has 6 N–H and O–H groups in total. The largest absolute Gasteiger partial charge is 0.502 e. The van der Waals surface area contributed by atoms with Gasteiger partial charge in [0, 0.05) is 16.9 Å². The van der Waals surface area contributed by atoms with E-state index in [0.717, 1.165) is 10.8 Å². The predicted molar refractivity (Wildman–Crippen MR) is 144 cm³/mol. The maximum atomic E-state index is 12.0. The Morgan fingerprint density at radius 1 is 1.05 bits per heavy atom. The van der Waals surface area contributed by atoms with Crippen molar-refractivity contribution in [2.24, 2.45) is 17.6 Å². The molecule has 0 fully saturated rings. The van der Waals surface area contributed by atoms with Crippen molar-refractivity contribution in [2.45, 2.75) is 52.6 Å². The average Bonchev–Trinajstić information content (AvgIpc) is 2.82. The van der Waals surface area contributed by atoms with Crippen LogP contribution in [0.5, 0.6) is 5.75 Å². The highest BCUT2D eigenvalue weighted by Gasteiger charge is 2.25. The van der Waals surface area contributed by atoms with E-state index >= 15 is 0 Å². The molecule has 14 heteroatoms. The number of amides is 2. The second-order valence-corrected chi connectivity index (χ2v) is 10.6. The minimum absolute atomic E-state index is 0.173. The Labute approximate surface area is 222 Å². The fourth-order valence-electron chi connectivity index (χ4n) is 2.57. The molecule has 2 atom stereocenters. The fraction of sp³-hybridized carbons (Fsp3) is 0.458. The summed E-state index contributed by atoms with van der Waals surface area (Å²) >= 11 is 0. The number of carboxylic acid groups (broad SMARTS) is 1. The van der Waals surface area contributed by atoms with Crippen molar-refractivity contribution in [2.75, 3.05) is 6.54 Å². The average molecular weight is 559 g/mol. The molecule has 0 heterocycles. The second kappa shape index (κ2) is 18.5. The fourth-order valence-corrected chi connectivity index (χ4v) is 2.71. The molecule has 0 spiro atoms. The molecule has 0 aliphatic heterocycles. The number of phenols is 1. The zero-order valence-electron chi connectivity index (χ0n) is 22.0. The number of benzene rings is 1. The smallest absolute Gasteiger partial charge is 0.322 e. The number of aromatic hydroxyl groups is 1. The summed E-state index contributed by atoms with van der Waals surface area (Å²) in [6.07, 6.45) is 0.947. The van der Waals surface area contributed by atoms with Crippen LogP contribution in [-0.2, 0) is 24.2 Å². The molecule has 0 saturated heterocycles. The van der Waals surface area contributed by atoms with Crippen LogP contribution in [-0.4, -0.2) is 60.0 Å². The highest BCUT2D eigenvalue weighted by atomic mass is 32.2. The number of nitrogens with one attached hydrogen (secondary N) is 2. The van der Waals surface area contributed by atoms with Crippen LogP contribution >= 0.6 is 0 Å². The molecule has 0 aliphatic rings. The summed E-state index contributed by atoms with van der Waals surface area (Å²) in [5, 5.41) is 34.1. The molecule has 214 valence electrons. The Morgan fingerprint density at radius 2 is 1.55 bits per heavy atom. The van der Waals surface area contributed by atoms with E-state index in [-0.39, 0.29) is 29.2 Å². The van der Waals surface area contributed by atoms with Gasteiger partial charge in [-0.2, -0.15) is 0 Å². The molecule has 0 bridgehead atoms. The number of nitrogens with zero attached hydrogens (tertiary/aromatic N) is 1. The predicted octanol–water partition coefficient (Wildman–Crippen LogP) is 2.08. The third-order valence-electron chi connectivity index (χ3n) is 4.36. The summed E-state index contributed by atoms with van der Waals surface area (Å²) in [4.78, 5) is 43.8. The Balaban J connectivity index is 0. The maximum absolute atomic E-state index is 12.0. The molecule has 0 aliphatic carbocycles. The number of nitro groups is 1. The van der Waals surface area contributed by atoms with Gasteiger partial charge in [0.1, 0.15) is 12.6 Å². The van der Waals surface area contributed by atoms with Crippen LogP contribution in [0.25, 0.3) is 0 Å². The van der Waals surface area contributed by atoms with Crippen LogP contribution in [0.15, 0.2) is 48.2 Å². The van der Waals surface area contributed by atoms with E-state index in [2.05, 4.69) is 23.8 Å². The van der Waals surface area contributed by atoms with Crippen LogP contribution in [0.1, 0.15) is 40.5 Å². The summed E-state index contributed by atoms with van der Waals surface area (Å²) in [5.74, 6) is -1.87. The van der Waals surface area contributed by atoms with Crippen molar-refractivity contribution in [3.05, 3.63) is 58.4 Å². The molecular weight excluding hydrogens is 520 g/mol. The first kappa shape index (κ1) is 36.4. The molecule has 1 aromatic carbocycles. The molecule has 1 rings (SSSR count). The number of sulfone groups is 1. The molecule has 0 radical (unpaired) electrons. The number of nitro benzene ring substituents is 1. The van der Waals surface area contributed by atoms with Gasteiger partial charge in [-0.05, 0) is 30.7 Å². The molecule has 0 aromatic heterocycles. The number of nitrogens with two attached hydrogens (primary N) is 1. The number of phenolic OH excluding ortho intramolecular Hbond substituents is 1. The number of para-hydroxylation sites is 2. The number of carbonyl (C=O) groups is 3. The molecule has 2 unspecified atom stereocenters. The van der Waals surface area contributed by atoms with E-state index in [9.17, 15) is 32.9 Å². The third kappa shape index (κ3) is 17.6. The Kier molecular flexibility index (Phi) is 17.7. The van der Waals surface area contributed by atoms with Crippen LogP contribution in [0.2, 0.25) is 0 Å². The second-order valence-electron chi connectivity index (χ2n) is 8.71. The monoisotopic (exact) mass is 558 g/mol. The van der Waals surface area contributed by atoms with Gasteiger partial charge in [-0.25, -0.2) is 8.42 Å². The summed E-state index contributed by atoms with van der Waals surface area (Å²) < 4.78 is 20.3. The topological polar surface area (TPSA) is 219 Å². The van der Waals surface area contributed by atoms with Gasteiger partial charge in [-0.15, -0.1) is 0 Å². The van der Waals surface area contributed by atoms with Gasteiger partial charge in [-0.3, -0.25) is 24.5 Å². The lowest BCUT2D eigenvalue weighted by Crippen LogP contribution is -2.52. The lowest BCUT2D eigenvalue weighted by molar-refractivity contribution is -0.385. The highest BCUT2D eigenvalue weighted by molar-refractivity contribution is 7.97. The normalized spacial score (nSPS) is 12.0. The van der Waals surface area contributed by atoms with Gasteiger partial charge in [0.2, 0.25) is 11.8 Å². The number of carboxylic acids is 1. The van der Waals surface area contributed by atoms with Crippen LogP contribution in [0.4, 0.5) is 5.69 Å². The first-order valence-corrected chi connectivity index (χ1v) is 13.1. The van der Waals surface area contributed by atoms with Crippen molar-refractivity contribution < 1.29 is 37.9 Å². The Bertz CT molecular complexity index is 1040. The van der Waals surface area contributed by atoms with Gasteiger partial charge in [-0.1, -0.05) is 53.0 Å². The molecular formula is C24H38N4O9S. The van der Waals surface area contributed by atoms with E-state index in [4.69, 9.17) is 15.9 Å². The first-order valence-electron chi connectivity index (χ1n) is 11.4. The number of rotatable bonds is 12. The molecule has 1 aromatic rings. The Hall–Kier alpha value is -3.78. The van der Waals surface area contributed by atoms with Crippen LogP contribution in [0, 0.1) is 22.0 Å². The standard InChI is InChI=1S/C14H27N3O4.C6H5NO3.C4H6O2S/c1-8(2)5-10(15)13(20)17-11(6-9(3)4)14(21)16-7-12(18)19;8-6-4-2-1-3-5(6)7(9)10;1-3-7(5,6)4-2/h8-11H,5-7,15H2,1-4H3,(H,16,21)(H,17,20)(H,18,19);1-4,8H;3-4H,1-2H2. The number of carbonyl (C=O) groups excluding carboxylic acids is 2. The minimum Gasteiger partial charge on any atom is -0.502 e. The summed E-state index contributed by atoms with van der Waals surface area (Å²) in [5.41, 5.74) is 5.52. The van der Waals surface area contributed by atoms with Crippen LogP contribution in [0.3, 0.4) is 0 Å². The summed E-state index contributed by atoms with van der Waals surface area (Å²) in [6.45, 7) is 13.4. The van der Waals surface area contributed by atoms with Gasteiger partial charge in [0.15, 0.2) is 15.6 Å². The molecule has 38 heavy (non-hydrogen) atoms. The van der Waals surface area contributed by atoms with Crippen LogP contribution < -0.4 is 16.4 Å². The van der Waals surface area contributed by atoms with Crippen molar-refractivity contribution >= 4 is 33.3 Å². The maximum Gasteiger partial charge on any atom is 0.322 e. The zero-order valence-corrected chi connectivity index (χ0v) is 22.8. The van der Waals surface area contributed by atoms with Gasteiger partial charge in [0.25, 0.3) is 0 Å². The van der Waals surface area contributed by atoms with E-state index in [0.29, 0.717) is 12.8 Å². The van der Waals surface area contributed by atoms with E-state index < -0.39 is 45.3 Å². The van der Waals surface area contributed by atoms with Crippen molar-refractivity contribution in [3.63, 3.8) is 0 Å². The number of hydrogen-bond acceptors (Lipinski definition) is 9. The quantitative estimate of drug-likeness (QED) is 0.186. The number of aliphatic carboxylic acids is 1. The SMILES string of the molecule is C=CS(=O)(=O)C=C.CC(C)CC(N)C(=O)NC(CC(C)C)C(=O)NCC(=O)O.O=[N+]([O-])c1ccccc1O. The van der Waals surface area contributed by atoms with E-state index in [1.54, 1.807) is 0 Å². The highest BCUT2D eigenvalue weighted by Crippen LogP contribution is 2.23. The third-order valence-corrected chi connectivity index (χ3v) is 5.29. The van der Waals surface area contributed by atoms with Gasteiger partial charge in [0.05, 0.1) is 11.0 Å². The molecule has 0 saturated carbocycles. The minimum atomic E-state index is -3.13. The zero-order chi connectivity index (χ0) is 30.1. The van der Waals surface area contributed by atoms with Crippen molar-refractivity contribution in [1.82, 2.24) is 10.6 Å². The van der Waals surface area contributed by atoms with Crippen molar-refractivity contribution in [1.29, 1.82) is 0 Å². The first-order chi connectivity index (χ1) is 17.5. The Morgan fingerprint density at radius 3 is 1.89 bits per heavy atom. The van der Waals surface area contributed by atoms with Crippen molar-refractivity contribution in [3.8, 4) is 5.75 Å². The summed E-state index contributed by atoms with van der Waals surface area (Å²) in [6, 6.07) is 4.11. The number of hydrogen-bond donors (Lipinski definition) is 5. The van der Waals surface area contributed by atoms with E-state index in [1.807, 2.05) is 27.7 Å². The molecule has 2 amide bonds. The summed E-state index contributed by atoms with van der Waals surface area (Å²) in [7, 11) is -3.13.